The Morgan fingerprint density at radius 3 is 2.92 bits per heavy atom. The summed E-state index contributed by atoms with van der Waals surface area (Å²) in [5.41, 5.74) is 0. The molecular formula is C8H8NO2S. The third-order valence-corrected chi connectivity index (χ3v) is 2.83. The molecule has 4 heteroatoms. The Morgan fingerprint density at radius 1 is 1.67 bits per heavy atom. The van der Waals surface area contributed by atoms with Gasteiger partial charge in [0, 0.05) is 6.20 Å². The Kier molecular flexibility index (Phi) is 2.60. The third kappa shape index (κ3) is 1.92. The maximum absolute atomic E-state index is 11.3. The molecule has 12 heavy (non-hydrogen) atoms. The van der Waals surface area contributed by atoms with Crippen molar-refractivity contribution in [2.24, 2.45) is 0 Å². The smallest absolute Gasteiger partial charge is 0.184 e. The molecule has 1 aromatic rings. The lowest BCUT2D eigenvalue weighted by atomic mass is 10.5. The summed E-state index contributed by atoms with van der Waals surface area (Å²) in [5.74, 6) is -0.0742. The highest BCUT2D eigenvalue weighted by Crippen LogP contribution is 2.07. The average Bonchev–Trinajstić information content (AvgIpc) is 2.06. The molecule has 0 N–H and O–H groups in total. The first-order chi connectivity index (χ1) is 5.67. The van der Waals surface area contributed by atoms with Crippen LogP contribution in [-0.2, 0) is 9.84 Å². The second-order valence-corrected chi connectivity index (χ2v) is 4.19. The number of nitrogens with zero attached hydrogens (tertiary/aromatic N) is 1. The van der Waals surface area contributed by atoms with Gasteiger partial charge in [-0.25, -0.2) is 8.42 Å². The Hall–Kier alpha value is -1.16. The van der Waals surface area contributed by atoms with E-state index >= 15 is 0 Å². The molecule has 0 aliphatic carbocycles. The minimum absolute atomic E-state index is 0.0742. The van der Waals surface area contributed by atoms with E-state index in [0.717, 1.165) is 0 Å². The quantitative estimate of drug-likeness (QED) is 0.651. The van der Waals surface area contributed by atoms with E-state index in [4.69, 9.17) is 0 Å². The molecule has 1 radical (unpaired) electrons. The highest BCUT2D eigenvalue weighted by molar-refractivity contribution is 7.91. The van der Waals surface area contributed by atoms with E-state index in [1.165, 1.54) is 18.3 Å². The van der Waals surface area contributed by atoms with Crippen molar-refractivity contribution >= 4 is 9.84 Å². The third-order valence-electron chi connectivity index (χ3n) is 1.26. The van der Waals surface area contributed by atoms with Crippen LogP contribution in [-0.4, -0.2) is 19.2 Å². The molecule has 0 aliphatic rings. The normalized spacial score (nSPS) is 11.0. The van der Waals surface area contributed by atoms with Crippen LogP contribution >= 0.6 is 0 Å². The number of aromatic nitrogens is 1. The lowest BCUT2D eigenvalue weighted by molar-refractivity contribution is 0.598. The first-order valence-electron chi connectivity index (χ1n) is 3.33. The summed E-state index contributed by atoms with van der Waals surface area (Å²) in [7, 11) is -3.25. The van der Waals surface area contributed by atoms with Crippen LogP contribution < -0.4 is 0 Å². The summed E-state index contributed by atoms with van der Waals surface area (Å²) in [6.45, 7) is 3.36. The maximum atomic E-state index is 11.3. The molecule has 3 nitrogen and oxygen atoms in total. The van der Waals surface area contributed by atoms with Crippen molar-refractivity contribution in [2.45, 2.75) is 4.90 Å². The highest BCUT2D eigenvalue weighted by atomic mass is 32.2. The molecule has 1 heterocycles. The molecule has 0 saturated heterocycles. The van der Waals surface area contributed by atoms with Gasteiger partial charge in [0.25, 0.3) is 0 Å². The van der Waals surface area contributed by atoms with Crippen molar-refractivity contribution in [3.8, 4) is 0 Å². The Bertz CT molecular complexity index is 356. The van der Waals surface area contributed by atoms with Gasteiger partial charge in [-0.2, -0.15) is 0 Å². The van der Waals surface area contributed by atoms with E-state index in [2.05, 4.69) is 17.8 Å². The largest absolute Gasteiger partial charge is 0.253 e. The monoisotopic (exact) mass is 182 g/mol. The van der Waals surface area contributed by atoms with Crippen molar-refractivity contribution in [3.05, 3.63) is 37.2 Å². The van der Waals surface area contributed by atoms with Gasteiger partial charge in [0.1, 0.15) is 6.20 Å². The SMILES string of the molecule is C=CCS(=O)(=O)c1[c]nccc1. The molecule has 1 rings (SSSR count). The first kappa shape index (κ1) is 8.93. The van der Waals surface area contributed by atoms with Crippen molar-refractivity contribution in [2.75, 3.05) is 5.75 Å². The Morgan fingerprint density at radius 2 is 2.42 bits per heavy atom. The van der Waals surface area contributed by atoms with Gasteiger partial charge in [0.05, 0.1) is 10.6 Å². The summed E-state index contributed by atoms with van der Waals surface area (Å²) in [5, 5.41) is 0. The van der Waals surface area contributed by atoms with Gasteiger partial charge >= 0.3 is 0 Å². The van der Waals surface area contributed by atoms with Gasteiger partial charge in [-0.1, -0.05) is 6.08 Å². The minimum Gasteiger partial charge on any atom is -0.253 e. The first-order valence-corrected chi connectivity index (χ1v) is 4.98. The van der Waals surface area contributed by atoms with Crippen LogP contribution in [0, 0.1) is 6.20 Å². The second-order valence-electron chi connectivity index (χ2n) is 2.18. The Labute approximate surface area is 71.7 Å². The van der Waals surface area contributed by atoms with Crippen LogP contribution in [0.1, 0.15) is 0 Å². The van der Waals surface area contributed by atoms with Crippen LogP contribution in [0.15, 0.2) is 35.9 Å². The fraction of sp³-hybridized carbons (Fsp3) is 0.125. The number of sulfone groups is 1. The van der Waals surface area contributed by atoms with Gasteiger partial charge < -0.3 is 0 Å². The Balaban J connectivity index is 3.07. The molecule has 0 saturated carbocycles. The van der Waals surface area contributed by atoms with Crippen LogP contribution in [0.4, 0.5) is 0 Å². The lowest BCUT2D eigenvalue weighted by Crippen LogP contribution is -2.04. The molecule has 0 bridgehead atoms. The molecule has 0 aromatic carbocycles. The van der Waals surface area contributed by atoms with Crippen molar-refractivity contribution in [1.82, 2.24) is 4.98 Å². The van der Waals surface area contributed by atoms with E-state index in [0.29, 0.717) is 0 Å². The lowest BCUT2D eigenvalue weighted by Gasteiger charge is -1.97. The molecule has 0 amide bonds. The van der Waals surface area contributed by atoms with Gasteiger partial charge in [0.15, 0.2) is 9.84 Å². The minimum atomic E-state index is -3.25. The molecule has 0 aliphatic heterocycles. The van der Waals surface area contributed by atoms with Crippen molar-refractivity contribution in [3.63, 3.8) is 0 Å². The van der Waals surface area contributed by atoms with Gasteiger partial charge in [-0.05, 0) is 12.1 Å². The van der Waals surface area contributed by atoms with Crippen molar-refractivity contribution in [1.29, 1.82) is 0 Å². The molecular weight excluding hydrogens is 174 g/mol. The fourth-order valence-corrected chi connectivity index (χ4v) is 1.70. The van der Waals surface area contributed by atoms with Crippen LogP contribution in [0.2, 0.25) is 0 Å². The number of hydrogen-bond donors (Lipinski definition) is 0. The molecule has 0 atom stereocenters. The predicted octanol–water partition coefficient (Wildman–Crippen LogP) is 0.841. The molecule has 0 spiro atoms. The van der Waals surface area contributed by atoms with E-state index in [9.17, 15) is 8.42 Å². The fourth-order valence-electron chi connectivity index (χ4n) is 0.730. The van der Waals surface area contributed by atoms with Crippen LogP contribution in [0.25, 0.3) is 0 Å². The average molecular weight is 182 g/mol. The summed E-state index contributed by atoms with van der Waals surface area (Å²) >= 11 is 0. The van der Waals surface area contributed by atoms with Gasteiger partial charge in [-0.15, -0.1) is 6.58 Å². The summed E-state index contributed by atoms with van der Waals surface area (Å²) in [6, 6.07) is 3.03. The summed E-state index contributed by atoms with van der Waals surface area (Å²) in [6.07, 6.45) is 5.23. The van der Waals surface area contributed by atoms with Crippen molar-refractivity contribution < 1.29 is 8.42 Å². The molecule has 0 fully saturated rings. The number of rotatable bonds is 3. The van der Waals surface area contributed by atoms with Crippen LogP contribution in [0.3, 0.4) is 0 Å². The van der Waals surface area contributed by atoms with E-state index in [1.807, 2.05) is 0 Å². The zero-order chi connectivity index (χ0) is 9.03. The van der Waals surface area contributed by atoms with E-state index in [1.54, 1.807) is 6.07 Å². The zero-order valence-corrected chi connectivity index (χ0v) is 7.21. The molecule has 1 aromatic heterocycles. The zero-order valence-electron chi connectivity index (χ0n) is 6.40. The topological polar surface area (TPSA) is 47.0 Å². The summed E-state index contributed by atoms with van der Waals surface area (Å²) < 4.78 is 22.6. The standard InChI is InChI=1S/C8H8NO2S/c1-2-6-12(10,11)8-4-3-5-9-7-8/h2-5H,1,6H2. The maximum Gasteiger partial charge on any atom is 0.184 e. The number of pyridine rings is 1. The molecule has 63 valence electrons. The predicted molar refractivity (Wildman–Crippen MR) is 45.3 cm³/mol. The number of hydrogen-bond acceptors (Lipinski definition) is 3. The van der Waals surface area contributed by atoms with E-state index < -0.39 is 9.84 Å². The highest BCUT2D eigenvalue weighted by Gasteiger charge is 2.11. The van der Waals surface area contributed by atoms with Gasteiger partial charge in [-0.3, -0.25) is 4.98 Å². The molecule has 0 unspecified atom stereocenters. The second kappa shape index (κ2) is 3.49. The van der Waals surface area contributed by atoms with Crippen LogP contribution in [0.5, 0.6) is 0 Å². The van der Waals surface area contributed by atoms with E-state index in [-0.39, 0.29) is 10.6 Å². The van der Waals surface area contributed by atoms with Gasteiger partial charge in [0.2, 0.25) is 0 Å². The summed E-state index contributed by atoms with van der Waals surface area (Å²) in [4.78, 5) is 3.71.